The van der Waals surface area contributed by atoms with E-state index in [9.17, 15) is 14.4 Å². The highest BCUT2D eigenvalue weighted by Gasteiger charge is 2.14. The van der Waals surface area contributed by atoms with Crippen LogP contribution in [-0.2, 0) is 9.59 Å². The van der Waals surface area contributed by atoms with Gasteiger partial charge in [-0.15, -0.1) is 0 Å². The average Bonchev–Trinajstić information content (AvgIpc) is 1.81. The second kappa shape index (κ2) is 3.30. The SMILES string of the molecule is NC(=O)N=C(C(N)=O)C(N)=O. The summed E-state index contributed by atoms with van der Waals surface area (Å²) < 4.78 is 0. The Bertz CT molecular complexity index is 228. The van der Waals surface area contributed by atoms with Crippen molar-refractivity contribution in [1.82, 2.24) is 0 Å². The van der Waals surface area contributed by atoms with Crippen molar-refractivity contribution in [3.05, 3.63) is 0 Å². The molecule has 6 N–H and O–H groups in total. The zero-order chi connectivity index (χ0) is 9.02. The summed E-state index contributed by atoms with van der Waals surface area (Å²) in [5, 5.41) is 0. The monoisotopic (exact) mass is 158 g/mol. The van der Waals surface area contributed by atoms with E-state index in [4.69, 9.17) is 0 Å². The van der Waals surface area contributed by atoms with E-state index in [0.717, 1.165) is 0 Å². The summed E-state index contributed by atoms with van der Waals surface area (Å²) in [6.07, 6.45) is 0. The van der Waals surface area contributed by atoms with Gasteiger partial charge >= 0.3 is 6.03 Å². The molecule has 0 spiro atoms. The Balaban J connectivity index is 4.75. The number of aliphatic imine (C=N–C) groups is 1. The number of hydrogen-bond donors (Lipinski definition) is 3. The van der Waals surface area contributed by atoms with E-state index in [1.807, 2.05) is 0 Å². The molecule has 0 unspecified atom stereocenters. The van der Waals surface area contributed by atoms with Gasteiger partial charge in [0, 0.05) is 0 Å². The van der Waals surface area contributed by atoms with Gasteiger partial charge in [-0.25, -0.2) is 4.79 Å². The Morgan fingerprint density at radius 2 is 1.27 bits per heavy atom. The molecule has 0 fully saturated rings. The van der Waals surface area contributed by atoms with Crippen LogP contribution >= 0.6 is 0 Å². The zero-order valence-corrected chi connectivity index (χ0v) is 5.40. The van der Waals surface area contributed by atoms with E-state index in [1.165, 1.54) is 0 Å². The molecule has 0 heterocycles. The fourth-order valence-corrected chi connectivity index (χ4v) is 0.342. The molecule has 0 saturated carbocycles. The Kier molecular flexibility index (Phi) is 2.72. The van der Waals surface area contributed by atoms with Crippen LogP contribution < -0.4 is 17.2 Å². The number of nitrogens with two attached hydrogens (primary N) is 3. The zero-order valence-electron chi connectivity index (χ0n) is 5.40. The lowest BCUT2D eigenvalue weighted by molar-refractivity contribution is -0.115. The molecule has 0 bridgehead atoms. The molecule has 0 aliphatic rings. The fraction of sp³-hybridized carbons (Fsp3) is 0. The van der Waals surface area contributed by atoms with Gasteiger partial charge in [-0.1, -0.05) is 0 Å². The second-order valence-corrected chi connectivity index (χ2v) is 1.53. The quantitative estimate of drug-likeness (QED) is 0.301. The molecular weight excluding hydrogens is 152 g/mol. The molecule has 60 valence electrons. The number of carbonyl (C=O) groups excluding carboxylic acids is 3. The second-order valence-electron chi connectivity index (χ2n) is 1.53. The Labute approximate surface area is 61.2 Å². The lowest BCUT2D eigenvalue weighted by atomic mass is 10.3. The molecule has 0 atom stereocenters. The highest BCUT2D eigenvalue weighted by atomic mass is 16.2. The van der Waals surface area contributed by atoms with Crippen LogP contribution in [0.15, 0.2) is 4.99 Å². The molecule has 0 aromatic rings. The average molecular weight is 158 g/mol. The molecule has 0 aliphatic carbocycles. The topological polar surface area (TPSA) is 142 Å². The van der Waals surface area contributed by atoms with Gasteiger partial charge in [0.2, 0.25) is 0 Å². The maximum atomic E-state index is 10.3. The van der Waals surface area contributed by atoms with Crippen molar-refractivity contribution in [1.29, 1.82) is 0 Å². The van der Waals surface area contributed by atoms with Crippen LogP contribution in [0.5, 0.6) is 0 Å². The fourth-order valence-electron chi connectivity index (χ4n) is 0.342. The number of hydrogen-bond acceptors (Lipinski definition) is 3. The molecule has 11 heavy (non-hydrogen) atoms. The van der Waals surface area contributed by atoms with Crippen LogP contribution in [0.2, 0.25) is 0 Å². The van der Waals surface area contributed by atoms with Crippen molar-refractivity contribution >= 4 is 23.6 Å². The van der Waals surface area contributed by atoms with Gasteiger partial charge in [0.05, 0.1) is 0 Å². The van der Waals surface area contributed by atoms with Gasteiger partial charge in [-0.2, -0.15) is 4.99 Å². The number of carbonyl (C=O) groups is 3. The standard InChI is InChI=1S/C4H6N4O3/c5-2(9)1(3(6)10)8-4(7)11/h(H2,5,9)(H2,6,10)(H2,7,11). The van der Waals surface area contributed by atoms with Gasteiger partial charge in [0.1, 0.15) is 0 Å². The number of rotatable bonds is 2. The van der Waals surface area contributed by atoms with Crippen LogP contribution in [0, 0.1) is 0 Å². The van der Waals surface area contributed by atoms with Gasteiger partial charge in [0.15, 0.2) is 5.71 Å². The summed E-state index contributed by atoms with van der Waals surface area (Å²) in [4.78, 5) is 33.3. The highest BCUT2D eigenvalue weighted by Crippen LogP contribution is 1.77. The third kappa shape index (κ3) is 2.94. The van der Waals surface area contributed by atoms with Gasteiger partial charge in [-0.05, 0) is 0 Å². The first kappa shape index (κ1) is 9.08. The van der Waals surface area contributed by atoms with E-state index >= 15 is 0 Å². The molecule has 0 rings (SSSR count). The molecule has 0 aromatic carbocycles. The van der Waals surface area contributed by atoms with Crippen molar-refractivity contribution in [3.63, 3.8) is 0 Å². The minimum absolute atomic E-state index is 0.850. The number of amides is 4. The summed E-state index contributed by atoms with van der Waals surface area (Å²) in [7, 11) is 0. The summed E-state index contributed by atoms with van der Waals surface area (Å²) in [6, 6.07) is -1.20. The van der Waals surface area contributed by atoms with Crippen LogP contribution in [0.3, 0.4) is 0 Å². The van der Waals surface area contributed by atoms with Crippen molar-refractivity contribution < 1.29 is 14.4 Å². The molecule has 7 heteroatoms. The van der Waals surface area contributed by atoms with E-state index in [0.29, 0.717) is 0 Å². The summed E-state index contributed by atoms with van der Waals surface area (Å²) in [5.41, 5.74) is 12.9. The number of urea groups is 1. The molecule has 0 aromatic heterocycles. The van der Waals surface area contributed by atoms with E-state index in [-0.39, 0.29) is 0 Å². The number of nitrogens with zero attached hydrogens (tertiary/aromatic N) is 1. The Hall–Kier alpha value is -1.92. The van der Waals surface area contributed by atoms with E-state index < -0.39 is 23.6 Å². The normalized spacial score (nSPS) is 8.36. The number of primary amides is 3. The molecule has 7 nitrogen and oxygen atoms in total. The minimum Gasteiger partial charge on any atom is -0.364 e. The largest absolute Gasteiger partial charge is 0.364 e. The van der Waals surface area contributed by atoms with Gasteiger partial charge in [0.25, 0.3) is 11.8 Å². The van der Waals surface area contributed by atoms with Crippen LogP contribution in [-0.4, -0.2) is 23.6 Å². The predicted octanol–water partition coefficient (Wildman–Crippen LogP) is -2.52. The van der Waals surface area contributed by atoms with Crippen LogP contribution in [0.25, 0.3) is 0 Å². The van der Waals surface area contributed by atoms with Gasteiger partial charge in [-0.3, -0.25) is 9.59 Å². The smallest absolute Gasteiger partial charge is 0.339 e. The first-order chi connectivity index (χ1) is 4.95. The Morgan fingerprint density at radius 3 is 1.36 bits per heavy atom. The van der Waals surface area contributed by atoms with Crippen LogP contribution in [0.1, 0.15) is 0 Å². The summed E-state index contributed by atoms with van der Waals surface area (Å²) in [5.74, 6) is -2.37. The maximum Gasteiger partial charge on any atom is 0.339 e. The Morgan fingerprint density at radius 1 is 0.909 bits per heavy atom. The molecular formula is C4H6N4O3. The lowest BCUT2D eigenvalue weighted by Gasteiger charge is -1.92. The highest BCUT2D eigenvalue weighted by molar-refractivity contribution is 6.65. The van der Waals surface area contributed by atoms with Crippen molar-refractivity contribution in [2.24, 2.45) is 22.2 Å². The molecule has 0 radical (unpaired) electrons. The molecule has 0 saturated heterocycles. The van der Waals surface area contributed by atoms with Crippen molar-refractivity contribution in [2.45, 2.75) is 0 Å². The van der Waals surface area contributed by atoms with Crippen molar-refractivity contribution in [2.75, 3.05) is 0 Å². The minimum atomic E-state index is -1.20. The predicted molar refractivity (Wildman–Crippen MR) is 35.4 cm³/mol. The van der Waals surface area contributed by atoms with Crippen molar-refractivity contribution in [3.8, 4) is 0 Å². The van der Waals surface area contributed by atoms with Crippen LogP contribution in [0.4, 0.5) is 4.79 Å². The maximum absolute atomic E-state index is 10.3. The summed E-state index contributed by atoms with van der Waals surface area (Å²) >= 11 is 0. The summed E-state index contributed by atoms with van der Waals surface area (Å²) in [6.45, 7) is 0. The third-order valence-electron chi connectivity index (χ3n) is 0.689. The third-order valence-corrected chi connectivity index (χ3v) is 0.689. The molecule has 4 amide bonds. The lowest BCUT2D eigenvalue weighted by Crippen LogP contribution is -2.36. The first-order valence-corrected chi connectivity index (χ1v) is 2.43. The molecule has 0 aliphatic heterocycles. The first-order valence-electron chi connectivity index (χ1n) is 2.43. The van der Waals surface area contributed by atoms with Gasteiger partial charge < -0.3 is 17.2 Å². The van der Waals surface area contributed by atoms with E-state index in [1.54, 1.807) is 0 Å². The van der Waals surface area contributed by atoms with E-state index in [2.05, 4.69) is 22.2 Å².